The van der Waals surface area contributed by atoms with Gasteiger partial charge in [0, 0.05) is 29.6 Å². The highest BCUT2D eigenvalue weighted by atomic mass is 35.5. The van der Waals surface area contributed by atoms with Gasteiger partial charge in [-0.2, -0.15) is 0 Å². The van der Waals surface area contributed by atoms with E-state index in [-0.39, 0.29) is 18.8 Å². The Labute approximate surface area is 187 Å². The van der Waals surface area contributed by atoms with Crippen molar-refractivity contribution in [1.82, 2.24) is 4.98 Å². The Balaban J connectivity index is 1.48. The van der Waals surface area contributed by atoms with Crippen molar-refractivity contribution < 1.29 is 14.9 Å². The molecule has 3 aromatic rings. The Morgan fingerprint density at radius 3 is 2.61 bits per heavy atom. The minimum Gasteiger partial charge on any atom is -0.394 e. The van der Waals surface area contributed by atoms with Crippen LogP contribution < -0.4 is 0 Å². The first-order valence-electron chi connectivity index (χ1n) is 10.4. The van der Waals surface area contributed by atoms with Crippen molar-refractivity contribution in [2.24, 2.45) is 0 Å². The van der Waals surface area contributed by atoms with Gasteiger partial charge in [0.05, 0.1) is 24.9 Å². The van der Waals surface area contributed by atoms with Gasteiger partial charge in [-0.1, -0.05) is 47.9 Å². The molecule has 1 aliphatic rings. The van der Waals surface area contributed by atoms with Crippen molar-refractivity contribution in [3.63, 3.8) is 0 Å². The van der Waals surface area contributed by atoms with E-state index in [1.165, 1.54) is 0 Å². The minimum atomic E-state index is -0.477. The first-order chi connectivity index (χ1) is 15.1. The second-order valence-corrected chi connectivity index (χ2v) is 8.15. The first-order valence-corrected chi connectivity index (χ1v) is 10.7. The summed E-state index contributed by atoms with van der Waals surface area (Å²) in [5, 5.41) is 20.2. The van der Waals surface area contributed by atoms with E-state index < -0.39 is 6.10 Å². The van der Waals surface area contributed by atoms with Gasteiger partial charge < -0.3 is 14.9 Å². The van der Waals surface area contributed by atoms with Gasteiger partial charge in [-0.05, 0) is 59.4 Å². The summed E-state index contributed by atoms with van der Waals surface area (Å²) >= 11 is 6.46. The molecular weight excluding hydrogens is 410 g/mol. The molecule has 31 heavy (non-hydrogen) atoms. The number of benzene rings is 2. The highest BCUT2D eigenvalue weighted by Gasteiger charge is 2.29. The van der Waals surface area contributed by atoms with E-state index in [4.69, 9.17) is 16.3 Å². The molecule has 1 aliphatic heterocycles. The zero-order chi connectivity index (χ0) is 21.6. The number of hydrogen-bond acceptors (Lipinski definition) is 4. The van der Waals surface area contributed by atoms with Gasteiger partial charge in [0.2, 0.25) is 0 Å². The van der Waals surface area contributed by atoms with Gasteiger partial charge in [0.1, 0.15) is 5.69 Å². The molecule has 4 rings (SSSR count). The maximum Gasteiger partial charge on any atom is 0.113 e. The van der Waals surface area contributed by atoms with E-state index in [0.29, 0.717) is 24.3 Å². The molecule has 0 radical (unpaired) electrons. The number of rotatable bonds is 4. The molecular formula is C26H24ClNO3. The van der Waals surface area contributed by atoms with E-state index in [1.807, 2.05) is 60.7 Å². The van der Waals surface area contributed by atoms with E-state index in [1.54, 1.807) is 6.20 Å². The predicted molar refractivity (Wildman–Crippen MR) is 121 cm³/mol. The summed E-state index contributed by atoms with van der Waals surface area (Å²) in [4.78, 5) is 4.21. The first kappa shape index (κ1) is 21.5. The maximum absolute atomic E-state index is 10.1. The number of aromatic nitrogens is 1. The van der Waals surface area contributed by atoms with Crippen LogP contribution in [-0.4, -0.2) is 34.0 Å². The summed E-state index contributed by atoms with van der Waals surface area (Å²) in [5.74, 6) is 6.19. The third-order valence-corrected chi connectivity index (χ3v) is 5.74. The number of aliphatic hydroxyl groups is 2. The topological polar surface area (TPSA) is 62.6 Å². The zero-order valence-electron chi connectivity index (χ0n) is 17.0. The molecule has 0 bridgehead atoms. The summed E-state index contributed by atoms with van der Waals surface area (Å²) < 4.78 is 5.94. The Kier molecular flexibility index (Phi) is 7.01. The Morgan fingerprint density at radius 1 is 1.03 bits per heavy atom. The van der Waals surface area contributed by atoms with Crippen molar-refractivity contribution in [3.8, 4) is 11.8 Å². The summed E-state index contributed by atoms with van der Waals surface area (Å²) in [6.45, 7) is -0.0937. The third-order valence-electron chi connectivity index (χ3n) is 5.37. The van der Waals surface area contributed by atoms with Crippen molar-refractivity contribution >= 4 is 11.6 Å². The standard InChI is InChI=1S/C26H24ClNO3/c27-25-11-9-20(26-16-23(30)15-24(17-29)31-26)14-21(25)13-19-6-4-18(5-7-19)8-10-22-3-1-2-12-28-22/h1-7,9,11-12,14,23-24,26,29-30H,13,15-17H2. The van der Waals surface area contributed by atoms with Crippen LogP contribution in [0.15, 0.2) is 66.9 Å². The lowest BCUT2D eigenvalue weighted by molar-refractivity contribution is -0.113. The quantitative estimate of drug-likeness (QED) is 0.602. The van der Waals surface area contributed by atoms with Gasteiger partial charge in [0.15, 0.2) is 0 Å². The van der Waals surface area contributed by atoms with Crippen LogP contribution in [0, 0.1) is 11.8 Å². The lowest BCUT2D eigenvalue weighted by Gasteiger charge is -2.32. The van der Waals surface area contributed by atoms with Gasteiger partial charge in [-0.3, -0.25) is 0 Å². The van der Waals surface area contributed by atoms with Crippen LogP contribution in [0.25, 0.3) is 0 Å². The van der Waals surface area contributed by atoms with Crippen LogP contribution in [-0.2, 0) is 11.2 Å². The fourth-order valence-electron chi connectivity index (χ4n) is 3.75. The van der Waals surface area contributed by atoms with Crippen LogP contribution in [0.5, 0.6) is 0 Å². The van der Waals surface area contributed by atoms with Gasteiger partial charge in [-0.15, -0.1) is 0 Å². The number of halogens is 1. The van der Waals surface area contributed by atoms with Crippen molar-refractivity contribution in [1.29, 1.82) is 0 Å². The number of ether oxygens (including phenoxy) is 1. The van der Waals surface area contributed by atoms with Crippen molar-refractivity contribution in [2.45, 2.75) is 37.6 Å². The van der Waals surface area contributed by atoms with E-state index in [9.17, 15) is 10.2 Å². The van der Waals surface area contributed by atoms with Crippen molar-refractivity contribution in [2.75, 3.05) is 6.61 Å². The molecule has 158 valence electrons. The third kappa shape index (κ3) is 5.72. The molecule has 0 amide bonds. The summed E-state index contributed by atoms with van der Waals surface area (Å²) in [5.41, 5.74) is 4.76. The van der Waals surface area contributed by atoms with Gasteiger partial charge >= 0.3 is 0 Å². The largest absolute Gasteiger partial charge is 0.394 e. The molecule has 3 unspecified atom stereocenters. The fraction of sp³-hybridized carbons (Fsp3) is 0.269. The predicted octanol–water partition coefficient (Wildman–Crippen LogP) is 4.30. The lowest BCUT2D eigenvalue weighted by Crippen LogP contribution is -2.33. The minimum absolute atomic E-state index is 0.0937. The van der Waals surface area contributed by atoms with Crippen LogP contribution in [0.1, 0.15) is 46.9 Å². The normalized spacial score (nSPS) is 20.7. The molecule has 5 heteroatoms. The summed E-state index contributed by atoms with van der Waals surface area (Å²) in [6, 6.07) is 19.6. The fourth-order valence-corrected chi connectivity index (χ4v) is 3.94. The molecule has 1 aromatic heterocycles. The second-order valence-electron chi connectivity index (χ2n) is 7.74. The molecule has 2 heterocycles. The maximum atomic E-state index is 10.1. The Morgan fingerprint density at radius 2 is 1.87 bits per heavy atom. The summed E-state index contributed by atoms with van der Waals surface area (Å²) in [7, 11) is 0. The second kappa shape index (κ2) is 10.1. The zero-order valence-corrected chi connectivity index (χ0v) is 17.8. The van der Waals surface area contributed by atoms with Gasteiger partial charge in [0.25, 0.3) is 0 Å². The molecule has 0 spiro atoms. The van der Waals surface area contributed by atoms with E-state index in [2.05, 4.69) is 16.8 Å². The smallest absolute Gasteiger partial charge is 0.113 e. The highest BCUT2D eigenvalue weighted by Crippen LogP contribution is 2.33. The van der Waals surface area contributed by atoms with E-state index >= 15 is 0 Å². The van der Waals surface area contributed by atoms with Crippen molar-refractivity contribution in [3.05, 3.63) is 99.8 Å². The average Bonchev–Trinajstić information content (AvgIpc) is 2.80. The van der Waals surface area contributed by atoms with Crippen LogP contribution in [0.2, 0.25) is 5.02 Å². The van der Waals surface area contributed by atoms with Crippen LogP contribution >= 0.6 is 11.6 Å². The SMILES string of the molecule is OCC1CC(O)CC(c2ccc(Cl)c(Cc3ccc(C#Cc4ccccn4)cc3)c2)O1. The molecule has 0 saturated carbocycles. The molecule has 4 nitrogen and oxygen atoms in total. The number of aliphatic hydroxyl groups excluding tert-OH is 2. The molecule has 3 atom stereocenters. The highest BCUT2D eigenvalue weighted by molar-refractivity contribution is 6.31. The molecule has 1 fully saturated rings. The van der Waals surface area contributed by atoms with Crippen LogP contribution in [0.4, 0.5) is 0 Å². The lowest BCUT2D eigenvalue weighted by atomic mass is 9.94. The molecule has 2 aromatic carbocycles. The molecule has 0 aliphatic carbocycles. The summed E-state index contributed by atoms with van der Waals surface area (Å²) in [6.07, 6.45) is 2.32. The molecule has 1 saturated heterocycles. The molecule has 2 N–H and O–H groups in total. The Hall–Kier alpha value is -2.68. The average molecular weight is 434 g/mol. The van der Waals surface area contributed by atoms with Gasteiger partial charge in [-0.25, -0.2) is 4.98 Å². The van der Waals surface area contributed by atoms with E-state index in [0.717, 1.165) is 27.9 Å². The Bertz CT molecular complexity index is 1070. The number of nitrogens with zero attached hydrogens (tertiary/aromatic N) is 1. The number of hydrogen-bond donors (Lipinski definition) is 2. The number of pyridine rings is 1. The monoisotopic (exact) mass is 433 g/mol. The van der Waals surface area contributed by atoms with Crippen LogP contribution in [0.3, 0.4) is 0 Å².